The van der Waals surface area contributed by atoms with Crippen molar-refractivity contribution in [3.05, 3.63) is 34.9 Å². The van der Waals surface area contributed by atoms with E-state index in [1.54, 1.807) is 0 Å². The molecule has 0 saturated carbocycles. The third-order valence-electron chi connectivity index (χ3n) is 3.61. The van der Waals surface area contributed by atoms with Gasteiger partial charge < -0.3 is 5.32 Å². The van der Waals surface area contributed by atoms with Crippen molar-refractivity contribution in [2.45, 2.75) is 45.6 Å². The Balaban J connectivity index is 2.44. The summed E-state index contributed by atoms with van der Waals surface area (Å²) in [5, 5.41) is 3.65. The van der Waals surface area contributed by atoms with Crippen molar-refractivity contribution in [3.63, 3.8) is 0 Å². The molecule has 82 valence electrons. The minimum Gasteiger partial charge on any atom is -0.308 e. The lowest BCUT2D eigenvalue weighted by Crippen LogP contribution is -2.34. The van der Waals surface area contributed by atoms with Gasteiger partial charge in [-0.2, -0.15) is 0 Å². The summed E-state index contributed by atoms with van der Waals surface area (Å²) in [6.45, 7) is 7.93. The Bertz CT molecular complexity index is 348. The van der Waals surface area contributed by atoms with Gasteiger partial charge in [0.2, 0.25) is 0 Å². The van der Waals surface area contributed by atoms with Crippen LogP contribution in [-0.4, -0.2) is 6.54 Å². The van der Waals surface area contributed by atoms with Crippen LogP contribution in [0.4, 0.5) is 0 Å². The number of hydrogen-bond acceptors (Lipinski definition) is 1. The number of aryl methyl sites for hydroxylation is 2. The third kappa shape index (κ3) is 1.93. The fourth-order valence-corrected chi connectivity index (χ4v) is 2.64. The van der Waals surface area contributed by atoms with Gasteiger partial charge in [0, 0.05) is 5.54 Å². The van der Waals surface area contributed by atoms with Gasteiger partial charge in [0.05, 0.1) is 0 Å². The van der Waals surface area contributed by atoms with E-state index in [9.17, 15) is 0 Å². The molecule has 1 nitrogen and oxygen atoms in total. The molecule has 1 aliphatic rings. The molecule has 15 heavy (non-hydrogen) atoms. The van der Waals surface area contributed by atoms with Crippen LogP contribution in [0.25, 0.3) is 0 Å². The maximum atomic E-state index is 3.65. The Hall–Kier alpha value is -0.820. The Morgan fingerprint density at radius 2 is 2.20 bits per heavy atom. The quantitative estimate of drug-likeness (QED) is 0.778. The fourth-order valence-electron chi connectivity index (χ4n) is 2.64. The summed E-state index contributed by atoms with van der Waals surface area (Å²) >= 11 is 0. The zero-order chi connectivity index (χ0) is 10.9. The predicted molar refractivity (Wildman–Crippen MR) is 65.1 cm³/mol. The Kier molecular flexibility index (Phi) is 2.83. The molecule has 1 aliphatic heterocycles. The van der Waals surface area contributed by atoms with Gasteiger partial charge >= 0.3 is 0 Å². The smallest absolute Gasteiger partial charge is 0.0409 e. The molecule has 0 radical (unpaired) electrons. The van der Waals surface area contributed by atoms with E-state index in [1.807, 2.05) is 0 Å². The topological polar surface area (TPSA) is 12.0 Å². The first-order chi connectivity index (χ1) is 7.15. The molecule has 2 rings (SSSR count). The minimum absolute atomic E-state index is 0.220. The number of rotatable bonds is 2. The molecule has 1 unspecified atom stereocenters. The van der Waals surface area contributed by atoms with Crippen molar-refractivity contribution < 1.29 is 0 Å². The summed E-state index contributed by atoms with van der Waals surface area (Å²) in [5.74, 6) is 0. The average molecular weight is 203 g/mol. The highest BCUT2D eigenvalue weighted by Crippen LogP contribution is 2.33. The largest absolute Gasteiger partial charge is 0.308 e. The molecule has 1 aromatic rings. The highest BCUT2D eigenvalue weighted by Gasteiger charge is 2.31. The molecule has 0 aromatic heterocycles. The first-order valence-electron chi connectivity index (χ1n) is 6.01. The van der Waals surface area contributed by atoms with E-state index in [0.717, 1.165) is 13.0 Å². The van der Waals surface area contributed by atoms with Crippen LogP contribution in [0.2, 0.25) is 0 Å². The lowest BCUT2D eigenvalue weighted by molar-refractivity contribution is 0.431. The normalized spacial score (nSPS) is 25.8. The molecule has 0 aliphatic carbocycles. The SMILES string of the molecule is CCc1ccc(C)cc1C1(C)CCCN1. The van der Waals surface area contributed by atoms with E-state index >= 15 is 0 Å². The van der Waals surface area contributed by atoms with Gasteiger partial charge in [-0.25, -0.2) is 0 Å². The molecule has 1 atom stereocenters. The monoisotopic (exact) mass is 203 g/mol. The van der Waals surface area contributed by atoms with Gasteiger partial charge in [0.1, 0.15) is 0 Å². The van der Waals surface area contributed by atoms with Gasteiger partial charge in [-0.1, -0.05) is 30.7 Å². The first kappa shape index (κ1) is 10.7. The average Bonchev–Trinajstić information content (AvgIpc) is 2.66. The van der Waals surface area contributed by atoms with Crippen LogP contribution < -0.4 is 5.32 Å². The number of nitrogens with one attached hydrogen (secondary N) is 1. The van der Waals surface area contributed by atoms with Crippen LogP contribution in [0.5, 0.6) is 0 Å². The van der Waals surface area contributed by atoms with Crippen molar-refractivity contribution in [2.75, 3.05) is 6.54 Å². The molecule has 1 fully saturated rings. The molecule has 1 saturated heterocycles. The van der Waals surface area contributed by atoms with Gasteiger partial charge in [-0.15, -0.1) is 0 Å². The van der Waals surface area contributed by atoms with E-state index in [4.69, 9.17) is 0 Å². The summed E-state index contributed by atoms with van der Waals surface area (Å²) in [5.41, 5.74) is 4.61. The summed E-state index contributed by atoms with van der Waals surface area (Å²) in [7, 11) is 0. The predicted octanol–water partition coefficient (Wildman–Crippen LogP) is 3.16. The summed E-state index contributed by atoms with van der Waals surface area (Å²) < 4.78 is 0. The summed E-state index contributed by atoms with van der Waals surface area (Å²) in [4.78, 5) is 0. The molecular formula is C14H21N. The standard InChI is InChI=1S/C14H21N/c1-4-12-7-6-11(2)10-13(12)14(3)8-5-9-15-14/h6-7,10,15H,4-5,8-9H2,1-3H3. The van der Waals surface area contributed by atoms with Gasteiger partial charge in [0.15, 0.2) is 0 Å². The molecule has 1 aromatic carbocycles. The highest BCUT2D eigenvalue weighted by atomic mass is 15.0. The zero-order valence-electron chi connectivity index (χ0n) is 10.1. The van der Waals surface area contributed by atoms with Crippen LogP contribution >= 0.6 is 0 Å². The molecular weight excluding hydrogens is 182 g/mol. The van der Waals surface area contributed by atoms with Crippen molar-refractivity contribution in [3.8, 4) is 0 Å². The Labute approximate surface area is 92.9 Å². The number of hydrogen-bond donors (Lipinski definition) is 1. The van der Waals surface area contributed by atoms with E-state index in [0.29, 0.717) is 0 Å². The van der Waals surface area contributed by atoms with Crippen molar-refractivity contribution >= 4 is 0 Å². The van der Waals surface area contributed by atoms with Crippen molar-refractivity contribution in [1.29, 1.82) is 0 Å². The Morgan fingerprint density at radius 3 is 2.80 bits per heavy atom. The molecule has 1 heteroatoms. The second kappa shape index (κ2) is 3.97. The summed E-state index contributed by atoms with van der Waals surface area (Å²) in [6.07, 6.45) is 3.70. The van der Waals surface area contributed by atoms with Crippen LogP contribution in [0, 0.1) is 6.92 Å². The second-order valence-electron chi connectivity index (χ2n) is 4.88. The number of benzene rings is 1. The molecule has 1 heterocycles. The van der Waals surface area contributed by atoms with E-state index in [-0.39, 0.29) is 5.54 Å². The Morgan fingerprint density at radius 1 is 1.40 bits per heavy atom. The van der Waals surface area contributed by atoms with Crippen LogP contribution in [-0.2, 0) is 12.0 Å². The van der Waals surface area contributed by atoms with Crippen molar-refractivity contribution in [1.82, 2.24) is 5.32 Å². The van der Waals surface area contributed by atoms with Crippen LogP contribution in [0.3, 0.4) is 0 Å². The van der Waals surface area contributed by atoms with E-state index < -0.39 is 0 Å². The molecule has 1 N–H and O–H groups in total. The third-order valence-corrected chi connectivity index (χ3v) is 3.61. The molecule has 0 bridgehead atoms. The first-order valence-corrected chi connectivity index (χ1v) is 6.01. The van der Waals surface area contributed by atoms with Gasteiger partial charge in [-0.05, 0) is 50.8 Å². The zero-order valence-corrected chi connectivity index (χ0v) is 10.1. The molecule has 0 amide bonds. The fraction of sp³-hybridized carbons (Fsp3) is 0.571. The van der Waals surface area contributed by atoms with Crippen LogP contribution in [0.1, 0.15) is 43.4 Å². The van der Waals surface area contributed by atoms with Crippen LogP contribution in [0.15, 0.2) is 18.2 Å². The van der Waals surface area contributed by atoms with Crippen molar-refractivity contribution in [2.24, 2.45) is 0 Å². The van der Waals surface area contributed by atoms with E-state index in [1.165, 1.54) is 29.5 Å². The second-order valence-corrected chi connectivity index (χ2v) is 4.88. The molecule has 0 spiro atoms. The highest BCUT2D eigenvalue weighted by molar-refractivity contribution is 5.37. The van der Waals surface area contributed by atoms with Gasteiger partial charge in [-0.3, -0.25) is 0 Å². The van der Waals surface area contributed by atoms with E-state index in [2.05, 4.69) is 44.3 Å². The van der Waals surface area contributed by atoms with Gasteiger partial charge in [0.25, 0.3) is 0 Å². The maximum absolute atomic E-state index is 3.65. The minimum atomic E-state index is 0.220. The maximum Gasteiger partial charge on any atom is 0.0409 e. The summed E-state index contributed by atoms with van der Waals surface area (Å²) in [6, 6.07) is 6.87. The lowest BCUT2D eigenvalue weighted by atomic mass is 9.85. The lowest BCUT2D eigenvalue weighted by Gasteiger charge is -2.28.